The Morgan fingerprint density at radius 1 is 1.43 bits per heavy atom. The third-order valence-electron chi connectivity index (χ3n) is 4.18. The van der Waals surface area contributed by atoms with Crippen LogP contribution in [0, 0.1) is 6.92 Å². The van der Waals surface area contributed by atoms with Gasteiger partial charge in [-0.2, -0.15) is 5.10 Å². The maximum Gasteiger partial charge on any atom is 0.185 e. The van der Waals surface area contributed by atoms with Gasteiger partial charge in [0, 0.05) is 26.2 Å². The van der Waals surface area contributed by atoms with Crippen LogP contribution in [0.1, 0.15) is 25.0 Å². The van der Waals surface area contributed by atoms with Gasteiger partial charge in [0.1, 0.15) is 0 Å². The summed E-state index contributed by atoms with van der Waals surface area (Å²) in [6.45, 7) is 5.20. The summed E-state index contributed by atoms with van der Waals surface area (Å²) in [7, 11) is 1.93. The maximum atomic E-state index is 9.42. The normalized spacial score (nSPS) is 20.2. The van der Waals surface area contributed by atoms with Crippen LogP contribution in [0.2, 0.25) is 0 Å². The number of aromatic nitrogens is 3. The van der Waals surface area contributed by atoms with E-state index in [1.165, 1.54) is 12.8 Å². The second-order valence-electron chi connectivity index (χ2n) is 5.68. The molecule has 1 saturated heterocycles. The molecule has 21 heavy (non-hydrogen) atoms. The molecule has 2 N–H and O–H groups in total. The fraction of sp³-hybridized carbons (Fsp3) is 0.714. The standard InChI is InChI=1S/C14H23N5OS/c1-10-12-13(18(2)17-10)16-14(21-12)15-6-8-19-7-4-3-5-11(19)9-20/h11,20H,3-9H2,1-2H3,(H,15,16)/t11-/m0/s1. The van der Waals surface area contributed by atoms with Gasteiger partial charge in [0.05, 0.1) is 17.0 Å². The highest BCUT2D eigenvalue weighted by atomic mass is 32.1. The van der Waals surface area contributed by atoms with Crippen LogP contribution >= 0.6 is 11.3 Å². The molecule has 0 unspecified atom stereocenters. The average molecular weight is 309 g/mol. The van der Waals surface area contributed by atoms with Crippen molar-refractivity contribution in [2.75, 3.05) is 31.6 Å². The smallest absolute Gasteiger partial charge is 0.185 e. The molecule has 1 atom stereocenters. The van der Waals surface area contributed by atoms with E-state index in [9.17, 15) is 5.11 Å². The van der Waals surface area contributed by atoms with E-state index in [-0.39, 0.29) is 6.61 Å². The number of aliphatic hydroxyl groups is 1. The summed E-state index contributed by atoms with van der Waals surface area (Å²) in [5, 5.41) is 18.2. The fourth-order valence-corrected chi connectivity index (χ4v) is 3.99. The van der Waals surface area contributed by atoms with E-state index in [0.717, 1.165) is 47.2 Å². The molecule has 1 aliphatic heterocycles. The van der Waals surface area contributed by atoms with Crippen molar-refractivity contribution in [2.45, 2.75) is 32.2 Å². The Hall–Kier alpha value is -1.18. The van der Waals surface area contributed by atoms with E-state index < -0.39 is 0 Å². The van der Waals surface area contributed by atoms with Gasteiger partial charge in [-0.3, -0.25) is 4.90 Å². The number of piperidine rings is 1. The molecular formula is C14H23N5OS. The first kappa shape index (κ1) is 14.7. The van der Waals surface area contributed by atoms with Crippen LogP contribution in [0.4, 0.5) is 5.13 Å². The Balaban J connectivity index is 1.57. The topological polar surface area (TPSA) is 66.2 Å². The number of rotatable bonds is 5. The van der Waals surface area contributed by atoms with Gasteiger partial charge in [-0.1, -0.05) is 17.8 Å². The van der Waals surface area contributed by atoms with Crippen LogP contribution < -0.4 is 5.32 Å². The largest absolute Gasteiger partial charge is 0.395 e. The number of hydrogen-bond donors (Lipinski definition) is 2. The Kier molecular flexibility index (Phi) is 4.42. The summed E-state index contributed by atoms with van der Waals surface area (Å²) in [6, 6.07) is 0.336. The zero-order chi connectivity index (χ0) is 14.8. The van der Waals surface area contributed by atoms with Crippen LogP contribution in [0.15, 0.2) is 0 Å². The number of anilines is 1. The van der Waals surface area contributed by atoms with Crippen molar-refractivity contribution in [3.8, 4) is 0 Å². The summed E-state index contributed by atoms with van der Waals surface area (Å²) in [6.07, 6.45) is 3.59. The van der Waals surface area contributed by atoms with Crippen LogP contribution in [0.3, 0.4) is 0 Å². The lowest BCUT2D eigenvalue weighted by molar-refractivity contribution is 0.0940. The van der Waals surface area contributed by atoms with Crippen molar-refractivity contribution in [3.05, 3.63) is 5.69 Å². The van der Waals surface area contributed by atoms with Crippen molar-refractivity contribution in [2.24, 2.45) is 7.05 Å². The van der Waals surface area contributed by atoms with E-state index in [1.54, 1.807) is 11.3 Å². The molecule has 3 rings (SSSR count). The first-order valence-corrected chi connectivity index (χ1v) is 8.39. The van der Waals surface area contributed by atoms with E-state index in [4.69, 9.17) is 0 Å². The summed E-state index contributed by atoms with van der Waals surface area (Å²) in [5.41, 5.74) is 1.99. The molecule has 1 aliphatic rings. The van der Waals surface area contributed by atoms with Crippen LogP contribution in [0.5, 0.6) is 0 Å². The van der Waals surface area contributed by atoms with E-state index in [1.807, 2.05) is 18.7 Å². The highest BCUT2D eigenvalue weighted by Gasteiger charge is 2.21. The predicted octanol–water partition coefficient (Wildman–Crippen LogP) is 1.60. The highest BCUT2D eigenvalue weighted by Crippen LogP contribution is 2.27. The number of aryl methyl sites for hydroxylation is 2. The molecular weight excluding hydrogens is 286 g/mol. The van der Waals surface area contributed by atoms with Crippen LogP contribution in [0.25, 0.3) is 10.3 Å². The predicted molar refractivity (Wildman–Crippen MR) is 85.9 cm³/mol. The first-order valence-electron chi connectivity index (χ1n) is 7.58. The fourth-order valence-electron chi connectivity index (χ4n) is 3.03. The summed E-state index contributed by atoms with van der Waals surface area (Å²) in [4.78, 5) is 6.98. The number of likely N-dealkylation sites (tertiary alicyclic amines) is 1. The van der Waals surface area contributed by atoms with E-state index in [2.05, 4.69) is 20.3 Å². The maximum absolute atomic E-state index is 9.42. The highest BCUT2D eigenvalue weighted by molar-refractivity contribution is 7.22. The zero-order valence-corrected chi connectivity index (χ0v) is 13.5. The van der Waals surface area contributed by atoms with E-state index >= 15 is 0 Å². The first-order chi connectivity index (χ1) is 10.2. The lowest BCUT2D eigenvalue weighted by Crippen LogP contribution is -2.43. The second kappa shape index (κ2) is 6.29. The molecule has 0 aromatic carbocycles. The Labute approximate surface area is 128 Å². The third kappa shape index (κ3) is 3.04. The number of aliphatic hydroxyl groups excluding tert-OH is 1. The van der Waals surface area contributed by atoms with Gasteiger partial charge in [0.15, 0.2) is 10.8 Å². The minimum absolute atomic E-state index is 0.270. The SMILES string of the molecule is Cc1nn(C)c2nc(NCCN3CCCC[C@H]3CO)sc12. The zero-order valence-electron chi connectivity index (χ0n) is 12.7. The monoisotopic (exact) mass is 309 g/mol. The minimum Gasteiger partial charge on any atom is -0.395 e. The number of fused-ring (bicyclic) bond motifs is 1. The van der Waals surface area contributed by atoms with Crippen molar-refractivity contribution >= 4 is 26.8 Å². The molecule has 7 heteroatoms. The Bertz CT molecular complexity index is 573. The summed E-state index contributed by atoms with van der Waals surface area (Å²) < 4.78 is 2.99. The van der Waals surface area contributed by atoms with Crippen LogP contribution in [-0.2, 0) is 7.05 Å². The lowest BCUT2D eigenvalue weighted by Gasteiger charge is -2.34. The van der Waals surface area contributed by atoms with Gasteiger partial charge >= 0.3 is 0 Å². The van der Waals surface area contributed by atoms with Crippen molar-refractivity contribution < 1.29 is 5.11 Å². The second-order valence-corrected chi connectivity index (χ2v) is 6.67. The molecule has 0 spiro atoms. The number of nitrogens with one attached hydrogen (secondary N) is 1. The Morgan fingerprint density at radius 2 is 2.29 bits per heavy atom. The number of nitrogens with zero attached hydrogens (tertiary/aromatic N) is 4. The summed E-state index contributed by atoms with van der Waals surface area (Å²) in [5.74, 6) is 0. The lowest BCUT2D eigenvalue weighted by atomic mass is 10.0. The van der Waals surface area contributed by atoms with Gasteiger partial charge in [0.2, 0.25) is 0 Å². The van der Waals surface area contributed by atoms with Gasteiger partial charge in [-0.25, -0.2) is 9.67 Å². The molecule has 116 valence electrons. The average Bonchev–Trinajstić information content (AvgIpc) is 3.02. The molecule has 1 fully saturated rings. The number of hydrogen-bond acceptors (Lipinski definition) is 6. The van der Waals surface area contributed by atoms with Crippen molar-refractivity contribution in [1.29, 1.82) is 0 Å². The molecule has 0 radical (unpaired) electrons. The van der Waals surface area contributed by atoms with E-state index in [0.29, 0.717) is 6.04 Å². The van der Waals surface area contributed by atoms with Gasteiger partial charge in [-0.05, 0) is 26.3 Å². The minimum atomic E-state index is 0.270. The summed E-state index contributed by atoms with van der Waals surface area (Å²) >= 11 is 1.66. The molecule has 0 aliphatic carbocycles. The van der Waals surface area contributed by atoms with Gasteiger partial charge in [-0.15, -0.1) is 0 Å². The van der Waals surface area contributed by atoms with Gasteiger partial charge < -0.3 is 10.4 Å². The van der Waals surface area contributed by atoms with Gasteiger partial charge in [0.25, 0.3) is 0 Å². The molecule has 0 amide bonds. The van der Waals surface area contributed by atoms with Crippen LogP contribution in [-0.4, -0.2) is 57.1 Å². The molecule has 0 saturated carbocycles. The molecule has 2 aromatic rings. The quantitative estimate of drug-likeness (QED) is 0.878. The third-order valence-corrected chi connectivity index (χ3v) is 5.29. The molecule has 2 aromatic heterocycles. The molecule has 3 heterocycles. The number of thiazole rings is 1. The molecule has 6 nitrogen and oxygen atoms in total. The van der Waals surface area contributed by atoms with Crippen molar-refractivity contribution in [3.63, 3.8) is 0 Å². The Morgan fingerprint density at radius 3 is 3.05 bits per heavy atom. The molecule has 0 bridgehead atoms. The van der Waals surface area contributed by atoms with Crippen molar-refractivity contribution in [1.82, 2.24) is 19.7 Å².